The topological polar surface area (TPSA) is 249 Å². The summed E-state index contributed by atoms with van der Waals surface area (Å²) in [6.45, 7) is 12.3. The number of rotatable bonds is 6. The largest absolute Gasteiger partial charge is 0.383 e. The molecule has 19 nitrogen and oxygen atoms in total. The molecular formula is C40H54BrN17O2. The predicted molar refractivity (Wildman–Crippen MR) is 233 cm³/mol. The first kappa shape index (κ1) is 42.3. The van der Waals surface area contributed by atoms with Gasteiger partial charge in [0.15, 0.2) is 16.9 Å². The van der Waals surface area contributed by atoms with Crippen LogP contribution < -0.4 is 17.2 Å². The average Bonchev–Trinajstić information content (AvgIpc) is 3.92. The molecule has 0 aromatic carbocycles. The molecule has 9 rings (SSSR count). The van der Waals surface area contributed by atoms with Crippen molar-refractivity contribution in [2.24, 2.45) is 0 Å². The number of piperidine rings is 2. The van der Waals surface area contributed by atoms with Crippen LogP contribution in [0.1, 0.15) is 107 Å². The number of hydrogen-bond acceptors (Lipinski definition) is 14. The summed E-state index contributed by atoms with van der Waals surface area (Å²) in [6, 6.07) is 0.708. The van der Waals surface area contributed by atoms with E-state index in [-0.39, 0.29) is 23.9 Å². The summed E-state index contributed by atoms with van der Waals surface area (Å²) < 4.78 is 6.56. The molecule has 6 aromatic rings. The summed E-state index contributed by atoms with van der Waals surface area (Å²) in [5.41, 5.74) is 21.7. The third-order valence-corrected chi connectivity index (χ3v) is 12.1. The van der Waals surface area contributed by atoms with E-state index < -0.39 is 0 Å². The van der Waals surface area contributed by atoms with Crippen LogP contribution in [0.3, 0.4) is 0 Å². The number of nitrogen functional groups attached to an aromatic ring is 3. The lowest BCUT2D eigenvalue weighted by atomic mass is 9.96. The van der Waals surface area contributed by atoms with Gasteiger partial charge in [0.2, 0.25) is 11.8 Å². The van der Waals surface area contributed by atoms with Gasteiger partial charge in [-0.2, -0.15) is 15.3 Å². The van der Waals surface area contributed by atoms with E-state index in [0.29, 0.717) is 43.0 Å². The van der Waals surface area contributed by atoms with Crippen molar-refractivity contribution >= 4 is 78.3 Å². The Kier molecular flexibility index (Phi) is 13.2. The van der Waals surface area contributed by atoms with Crippen molar-refractivity contribution in [1.29, 1.82) is 0 Å². The molecule has 0 unspecified atom stereocenters. The zero-order valence-electron chi connectivity index (χ0n) is 34.5. The van der Waals surface area contributed by atoms with Crippen molar-refractivity contribution in [2.45, 2.75) is 110 Å². The van der Waals surface area contributed by atoms with Crippen LogP contribution in [0.15, 0.2) is 36.2 Å². The molecule has 8 heterocycles. The molecule has 1 saturated carbocycles. The smallest absolute Gasteiger partial charge is 0.246 e. The highest BCUT2D eigenvalue weighted by atomic mass is 79.9. The summed E-state index contributed by atoms with van der Waals surface area (Å²) in [5, 5.41) is 16.1. The summed E-state index contributed by atoms with van der Waals surface area (Å²) in [6.07, 6.45) is 17.4. The maximum absolute atomic E-state index is 12.1. The number of amides is 2. The second-order valence-electron chi connectivity index (χ2n) is 15.6. The van der Waals surface area contributed by atoms with Gasteiger partial charge < -0.3 is 27.0 Å². The Bertz CT molecular complexity index is 2490. The molecule has 2 atom stereocenters. The maximum Gasteiger partial charge on any atom is 0.246 e. The average molecular weight is 885 g/mol. The highest BCUT2D eigenvalue weighted by Crippen LogP contribution is 2.34. The van der Waals surface area contributed by atoms with Gasteiger partial charge in [-0.3, -0.25) is 9.59 Å². The van der Waals surface area contributed by atoms with Crippen molar-refractivity contribution in [1.82, 2.24) is 69.0 Å². The summed E-state index contributed by atoms with van der Waals surface area (Å²) in [5.74, 6) is 1.59. The molecule has 6 aromatic heterocycles. The van der Waals surface area contributed by atoms with Gasteiger partial charge >= 0.3 is 0 Å². The highest BCUT2D eigenvalue weighted by Gasteiger charge is 2.29. The Morgan fingerprint density at radius 1 is 0.667 bits per heavy atom. The minimum atomic E-state index is -0.0398. The zero-order chi connectivity index (χ0) is 42.5. The lowest BCUT2D eigenvalue weighted by Crippen LogP contribution is -2.40. The first-order valence-electron chi connectivity index (χ1n) is 20.7. The van der Waals surface area contributed by atoms with Crippen LogP contribution in [0.25, 0.3) is 33.1 Å². The molecule has 20 heteroatoms. The zero-order valence-corrected chi connectivity index (χ0v) is 36.1. The number of carbonyl (C=O) groups is 2. The van der Waals surface area contributed by atoms with E-state index in [4.69, 9.17) is 17.2 Å². The summed E-state index contributed by atoms with van der Waals surface area (Å²) in [4.78, 5) is 52.8. The Morgan fingerprint density at radius 3 is 1.63 bits per heavy atom. The van der Waals surface area contributed by atoms with Crippen LogP contribution in [0, 0.1) is 13.8 Å². The molecular weight excluding hydrogens is 830 g/mol. The fourth-order valence-corrected chi connectivity index (χ4v) is 9.17. The van der Waals surface area contributed by atoms with Gasteiger partial charge in [-0.25, -0.2) is 43.9 Å². The minimum Gasteiger partial charge on any atom is -0.383 e. The molecule has 6 N–H and O–H groups in total. The number of fused-ring (bicyclic) bond motifs is 3. The van der Waals surface area contributed by atoms with Crippen LogP contribution in [-0.2, 0) is 9.59 Å². The van der Waals surface area contributed by atoms with Gasteiger partial charge in [0.05, 0.1) is 45.7 Å². The van der Waals surface area contributed by atoms with E-state index >= 15 is 0 Å². The molecule has 2 saturated heterocycles. The number of nitrogens with zero attached hydrogens (tertiary/aromatic N) is 14. The van der Waals surface area contributed by atoms with E-state index in [1.807, 2.05) is 39.7 Å². The number of anilines is 3. The standard InChI is InChI=1S/C15H22N6O.C14H18N6O.C11H14BrN5/c1-3-5-12(22)20-7-4-6-11(8-20)21-15-13(10(2)19-21)14(16)17-9-18-15;1-3-11(21)19-6-4-5-10(7-19)20-14-12(9(2)18-20)13(15)16-8-17-14;12-9-8-10(13)14-6-15-11(8)17(16-9)7-4-2-1-3-5-7/h9,11H,3-8H2,1-2H3,(H2,16,17,18);3,8,10H,1,4-7H2,2H3,(H2,15,16,17);6-7H,1-5H2,(H2,13,14,15)/t11-;10-;/m11./s1. The van der Waals surface area contributed by atoms with Crippen molar-refractivity contribution in [3.05, 3.63) is 47.6 Å². The van der Waals surface area contributed by atoms with Crippen molar-refractivity contribution in [3.8, 4) is 0 Å². The minimum absolute atomic E-state index is 0.0398. The highest BCUT2D eigenvalue weighted by molar-refractivity contribution is 9.10. The van der Waals surface area contributed by atoms with E-state index in [2.05, 4.69) is 67.7 Å². The Labute approximate surface area is 356 Å². The first-order valence-corrected chi connectivity index (χ1v) is 21.5. The molecule has 60 heavy (non-hydrogen) atoms. The van der Waals surface area contributed by atoms with Gasteiger partial charge in [-0.05, 0) is 80.8 Å². The molecule has 2 aliphatic heterocycles. The Hall–Kier alpha value is -5.79. The van der Waals surface area contributed by atoms with E-state index in [0.717, 1.165) is 94.3 Å². The van der Waals surface area contributed by atoms with Crippen LogP contribution in [0.2, 0.25) is 0 Å². The Morgan fingerprint density at radius 2 is 1.12 bits per heavy atom. The number of nitrogens with two attached hydrogens (primary N) is 3. The van der Waals surface area contributed by atoms with Gasteiger partial charge in [0.25, 0.3) is 0 Å². The fourth-order valence-electron chi connectivity index (χ4n) is 8.62. The van der Waals surface area contributed by atoms with E-state index in [1.165, 1.54) is 57.2 Å². The van der Waals surface area contributed by atoms with E-state index in [1.54, 1.807) is 4.90 Å². The monoisotopic (exact) mass is 883 g/mol. The van der Waals surface area contributed by atoms with Crippen LogP contribution in [-0.4, -0.2) is 107 Å². The molecule has 3 fully saturated rings. The van der Waals surface area contributed by atoms with Gasteiger partial charge in [-0.1, -0.05) is 32.8 Å². The second-order valence-corrected chi connectivity index (χ2v) is 16.4. The van der Waals surface area contributed by atoms with E-state index in [9.17, 15) is 9.59 Å². The van der Waals surface area contributed by atoms with Gasteiger partial charge in [-0.15, -0.1) is 0 Å². The van der Waals surface area contributed by atoms with Crippen LogP contribution in [0.5, 0.6) is 0 Å². The molecule has 318 valence electrons. The SMILES string of the molecule is C=CC(=O)N1CCC[C@@H](n2nc(C)c3c(N)ncnc32)C1.CCCC(=O)N1CCC[C@@H](n2nc(C)c3c(N)ncnc32)C1.Nc1ncnc2c1c(Br)nn2C1CCCCC1. The lowest BCUT2D eigenvalue weighted by molar-refractivity contribution is -0.133. The quantitative estimate of drug-likeness (QED) is 0.177. The number of aryl methyl sites for hydroxylation is 2. The fraction of sp³-hybridized carbons (Fsp3) is 0.525. The number of hydrogen-bond donors (Lipinski definition) is 3. The van der Waals surface area contributed by atoms with Crippen molar-refractivity contribution in [2.75, 3.05) is 43.4 Å². The van der Waals surface area contributed by atoms with Crippen LogP contribution in [0.4, 0.5) is 17.5 Å². The molecule has 2 amide bonds. The number of halogens is 1. The molecule has 0 bridgehead atoms. The van der Waals surface area contributed by atoms with Gasteiger partial charge in [0.1, 0.15) is 41.0 Å². The second kappa shape index (κ2) is 18.6. The molecule has 0 spiro atoms. The normalized spacial score (nSPS) is 18.5. The summed E-state index contributed by atoms with van der Waals surface area (Å²) >= 11 is 3.44. The number of carbonyl (C=O) groups excluding carboxylic acids is 2. The molecule has 1 aliphatic carbocycles. The first-order chi connectivity index (χ1) is 29.0. The molecule has 3 aliphatic rings. The predicted octanol–water partition coefficient (Wildman–Crippen LogP) is 5.42. The van der Waals surface area contributed by atoms with Crippen molar-refractivity contribution < 1.29 is 9.59 Å². The third kappa shape index (κ3) is 8.73. The van der Waals surface area contributed by atoms with Crippen LogP contribution >= 0.6 is 15.9 Å². The van der Waals surface area contributed by atoms with Crippen molar-refractivity contribution in [3.63, 3.8) is 0 Å². The van der Waals surface area contributed by atoms with Gasteiger partial charge in [0, 0.05) is 32.6 Å². The number of aromatic nitrogens is 12. The summed E-state index contributed by atoms with van der Waals surface area (Å²) in [7, 11) is 0. The number of likely N-dealkylation sites (tertiary alicyclic amines) is 2. The maximum atomic E-state index is 12.1. The lowest BCUT2D eigenvalue weighted by Gasteiger charge is -2.33. The Balaban J connectivity index is 0.000000137. The molecule has 0 radical (unpaired) electrons. The third-order valence-electron chi connectivity index (χ3n) is 11.6.